The van der Waals surface area contributed by atoms with Gasteiger partial charge in [0, 0.05) is 12.6 Å². The van der Waals surface area contributed by atoms with Crippen molar-refractivity contribution in [1.29, 1.82) is 0 Å². The minimum Gasteiger partial charge on any atom is -0.292 e. The number of rotatable bonds is 3. The lowest BCUT2D eigenvalue weighted by atomic mass is 10.1. The van der Waals surface area contributed by atoms with E-state index in [4.69, 9.17) is 0 Å². The number of pyridine rings is 1. The molecule has 1 aliphatic heterocycles. The minimum atomic E-state index is -0.378. The average Bonchev–Trinajstić information content (AvgIpc) is 2.78. The van der Waals surface area contributed by atoms with Gasteiger partial charge >= 0.3 is 0 Å². The van der Waals surface area contributed by atoms with Gasteiger partial charge in [-0.2, -0.15) is 0 Å². The van der Waals surface area contributed by atoms with Crippen molar-refractivity contribution in [1.82, 2.24) is 4.98 Å². The number of amides is 2. The van der Waals surface area contributed by atoms with Crippen molar-refractivity contribution < 1.29 is 14.4 Å². The fourth-order valence-corrected chi connectivity index (χ4v) is 2.32. The molecular formula is C16H12N2O3. The van der Waals surface area contributed by atoms with E-state index in [9.17, 15) is 14.4 Å². The van der Waals surface area contributed by atoms with E-state index in [0.29, 0.717) is 23.2 Å². The van der Waals surface area contributed by atoms with Gasteiger partial charge in [0.05, 0.1) is 16.8 Å². The lowest BCUT2D eigenvalue weighted by Crippen LogP contribution is -2.29. The van der Waals surface area contributed by atoms with Crippen molar-refractivity contribution in [3.63, 3.8) is 0 Å². The molecular weight excluding hydrogens is 268 g/mol. The molecule has 21 heavy (non-hydrogen) atoms. The molecule has 1 aliphatic rings. The van der Waals surface area contributed by atoms with E-state index in [0.717, 1.165) is 4.90 Å². The Morgan fingerprint density at radius 1 is 1.10 bits per heavy atom. The molecule has 0 N–H and O–H groups in total. The molecule has 2 heterocycles. The maximum absolute atomic E-state index is 12.4. The van der Waals surface area contributed by atoms with Crippen LogP contribution in [0, 0.1) is 0 Å². The van der Waals surface area contributed by atoms with Crippen LogP contribution in [0.25, 0.3) is 0 Å². The first-order valence-electron chi connectivity index (χ1n) is 6.60. The molecule has 0 bridgehead atoms. The number of benzene rings is 1. The van der Waals surface area contributed by atoms with Gasteiger partial charge in [0.2, 0.25) is 0 Å². The molecule has 0 aliphatic carbocycles. The van der Waals surface area contributed by atoms with Crippen LogP contribution in [0.5, 0.6) is 0 Å². The Bertz CT molecular complexity index is 733. The summed E-state index contributed by atoms with van der Waals surface area (Å²) in [4.78, 5) is 41.5. The van der Waals surface area contributed by atoms with Crippen LogP contribution in [0.3, 0.4) is 0 Å². The van der Waals surface area contributed by atoms with Crippen LogP contribution in [0.1, 0.15) is 44.5 Å². The van der Waals surface area contributed by atoms with E-state index in [1.807, 2.05) is 0 Å². The fourth-order valence-electron chi connectivity index (χ4n) is 2.32. The molecule has 1 aromatic carbocycles. The second kappa shape index (κ2) is 4.94. The molecule has 5 nitrogen and oxygen atoms in total. The smallest absolute Gasteiger partial charge is 0.266 e. The summed E-state index contributed by atoms with van der Waals surface area (Å²) in [5.74, 6) is -0.887. The lowest BCUT2D eigenvalue weighted by molar-refractivity contribution is 0.0922. The number of carbonyl (C=O) groups excluding carboxylic acids is 3. The zero-order chi connectivity index (χ0) is 15.0. The van der Waals surface area contributed by atoms with Gasteiger partial charge in [-0.3, -0.25) is 19.4 Å². The highest BCUT2D eigenvalue weighted by Crippen LogP contribution is 2.28. The summed E-state index contributed by atoms with van der Waals surface area (Å²) >= 11 is 0. The van der Waals surface area contributed by atoms with Crippen LogP contribution in [0.4, 0.5) is 5.69 Å². The second-order valence-corrected chi connectivity index (χ2v) is 4.67. The summed E-state index contributed by atoms with van der Waals surface area (Å²) in [6.07, 6.45) is 1.75. The topological polar surface area (TPSA) is 67.3 Å². The highest BCUT2D eigenvalue weighted by atomic mass is 16.2. The quantitative estimate of drug-likeness (QED) is 0.640. The highest BCUT2D eigenvalue weighted by molar-refractivity contribution is 6.34. The molecule has 0 saturated carbocycles. The van der Waals surface area contributed by atoms with E-state index in [-0.39, 0.29) is 23.3 Å². The van der Waals surface area contributed by atoms with E-state index < -0.39 is 0 Å². The van der Waals surface area contributed by atoms with Crippen molar-refractivity contribution in [2.45, 2.75) is 13.3 Å². The lowest BCUT2D eigenvalue weighted by Gasteiger charge is -2.14. The monoisotopic (exact) mass is 280 g/mol. The van der Waals surface area contributed by atoms with Crippen LogP contribution in [0.15, 0.2) is 42.6 Å². The fraction of sp³-hybridized carbons (Fsp3) is 0.125. The highest BCUT2D eigenvalue weighted by Gasteiger charge is 2.36. The minimum absolute atomic E-state index is 0.131. The number of imide groups is 1. The van der Waals surface area contributed by atoms with Crippen molar-refractivity contribution in [2.24, 2.45) is 0 Å². The molecule has 104 valence electrons. The van der Waals surface area contributed by atoms with Crippen LogP contribution in [-0.2, 0) is 0 Å². The molecule has 0 radical (unpaired) electrons. The van der Waals surface area contributed by atoms with Gasteiger partial charge in [-0.15, -0.1) is 0 Å². The van der Waals surface area contributed by atoms with Gasteiger partial charge in [0.1, 0.15) is 5.69 Å². The second-order valence-electron chi connectivity index (χ2n) is 4.67. The summed E-state index contributed by atoms with van der Waals surface area (Å²) in [5.41, 5.74) is 1.38. The summed E-state index contributed by atoms with van der Waals surface area (Å²) in [6, 6.07) is 9.70. The van der Waals surface area contributed by atoms with Gasteiger partial charge in [-0.25, -0.2) is 4.90 Å². The third-order valence-corrected chi connectivity index (χ3v) is 3.40. The third kappa shape index (κ3) is 2.03. The molecule has 2 aromatic rings. The zero-order valence-corrected chi connectivity index (χ0v) is 11.4. The Hall–Kier alpha value is -2.82. The van der Waals surface area contributed by atoms with Crippen LogP contribution in [-0.4, -0.2) is 22.6 Å². The number of fused-ring (bicyclic) bond motifs is 1. The number of ketones is 1. The number of Topliss-reactive ketones (excluding diaryl/α,β-unsaturated/α-hetero) is 1. The van der Waals surface area contributed by atoms with E-state index in [1.165, 1.54) is 12.3 Å². The Kier molecular flexibility index (Phi) is 3.10. The zero-order valence-electron chi connectivity index (χ0n) is 11.4. The Labute approximate surface area is 121 Å². The van der Waals surface area contributed by atoms with E-state index in [1.54, 1.807) is 37.3 Å². The predicted molar refractivity (Wildman–Crippen MR) is 76.4 cm³/mol. The predicted octanol–water partition coefficient (Wildman–Crippen LogP) is 2.47. The number of hydrogen-bond acceptors (Lipinski definition) is 4. The van der Waals surface area contributed by atoms with Gasteiger partial charge in [0.25, 0.3) is 11.8 Å². The molecule has 1 aromatic heterocycles. The third-order valence-electron chi connectivity index (χ3n) is 3.40. The van der Waals surface area contributed by atoms with Crippen molar-refractivity contribution in [3.8, 4) is 0 Å². The van der Waals surface area contributed by atoms with E-state index >= 15 is 0 Å². The molecule has 2 amide bonds. The molecule has 0 saturated heterocycles. The molecule has 5 heteroatoms. The number of anilines is 1. The number of nitrogens with zero attached hydrogens (tertiary/aromatic N) is 2. The van der Waals surface area contributed by atoms with Crippen LogP contribution < -0.4 is 4.90 Å². The Morgan fingerprint density at radius 3 is 2.29 bits per heavy atom. The number of hydrogen-bond donors (Lipinski definition) is 0. The maximum atomic E-state index is 12.4. The molecule has 3 rings (SSSR count). The largest absolute Gasteiger partial charge is 0.292 e. The first-order chi connectivity index (χ1) is 10.1. The van der Waals surface area contributed by atoms with Gasteiger partial charge in [-0.05, 0) is 24.3 Å². The van der Waals surface area contributed by atoms with Crippen LogP contribution in [0.2, 0.25) is 0 Å². The SMILES string of the molecule is CCC(=O)c1cc(N2C(=O)c3ccccc3C2=O)ccn1. The first kappa shape index (κ1) is 13.2. The molecule has 0 spiro atoms. The first-order valence-corrected chi connectivity index (χ1v) is 6.60. The van der Waals surface area contributed by atoms with E-state index in [2.05, 4.69) is 4.98 Å². The summed E-state index contributed by atoms with van der Waals surface area (Å²) in [5, 5.41) is 0. The Morgan fingerprint density at radius 2 is 1.71 bits per heavy atom. The Balaban J connectivity index is 2.05. The standard InChI is InChI=1S/C16H12N2O3/c1-2-14(19)13-9-10(7-8-17-13)18-15(20)11-5-3-4-6-12(11)16(18)21/h3-9H,2H2,1H3. The van der Waals surface area contributed by atoms with Crippen LogP contribution >= 0.6 is 0 Å². The van der Waals surface area contributed by atoms with Crippen molar-refractivity contribution in [2.75, 3.05) is 4.90 Å². The number of carbonyl (C=O) groups is 3. The average molecular weight is 280 g/mol. The summed E-state index contributed by atoms with van der Waals surface area (Å²) in [6.45, 7) is 1.73. The van der Waals surface area contributed by atoms with Gasteiger partial charge in [0.15, 0.2) is 5.78 Å². The van der Waals surface area contributed by atoms with Gasteiger partial charge < -0.3 is 0 Å². The summed E-state index contributed by atoms with van der Waals surface area (Å²) < 4.78 is 0. The molecule has 0 fully saturated rings. The normalized spacial score (nSPS) is 13.5. The van der Waals surface area contributed by atoms with Crippen molar-refractivity contribution >= 4 is 23.3 Å². The molecule has 0 unspecified atom stereocenters. The maximum Gasteiger partial charge on any atom is 0.266 e. The number of aromatic nitrogens is 1. The molecule has 0 atom stereocenters. The van der Waals surface area contributed by atoms with Gasteiger partial charge in [-0.1, -0.05) is 19.1 Å². The summed E-state index contributed by atoms with van der Waals surface area (Å²) in [7, 11) is 0. The van der Waals surface area contributed by atoms with Crippen molar-refractivity contribution in [3.05, 3.63) is 59.4 Å².